The second-order valence-corrected chi connectivity index (χ2v) is 4.20. The van der Waals surface area contributed by atoms with Gasteiger partial charge in [0.2, 0.25) is 0 Å². The van der Waals surface area contributed by atoms with Gasteiger partial charge in [-0.05, 0) is 28.1 Å². The van der Waals surface area contributed by atoms with Crippen LogP contribution < -0.4 is 10.6 Å². The highest BCUT2D eigenvalue weighted by atomic mass is 79.9. The maximum absolute atomic E-state index is 11.6. The van der Waals surface area contributed by atoms with E-state index >= 15 is 0 Å². The summed E-state index contributed by atoms with van der Waals surface area (Å²) in [5.74, 6) is -0.128. The summed E-state index contributed by atoms with van der Waals surface area (Å²) in [6.07, 6.45) is 0. The molecule has 1 aromatic rings. The van der Waals surface area contributed by atoms with Crippen LogP contribution in [0.15, 0.2) is 16.6 Å². The predicted molar refractivity (Wildman–Crippen MR) is 60.0 cm³/mol. The van der Waals surface area contributed by atoms with Crippen molar-refractivity contribution in [1.29, 1.82) is 0 Å². The zero-order valence-electron chi connectivity index (χ0n) is 7.23. The Balaban J connectivity index is 2.60. The van der Waals surface area contributed by atoms with Crippen molar-refractivity contribution in [2.75, 3.05) is 18.4 Å². The fourth-order valence-corrected chi connectivity index (χ4v) is 1.96. The topological polar surface area (TPSA) is 41.1 Å². The number of rotatable bonds is 0. The van der Waals surface area contributed by atoms with Gasteiger partial charge in [-0.25, -0.2) is 0 Å². The van der Waals surface area contributed by atoms with Crippen molar-refractivity contribution in [2.45, 2.75) is 0 Å². The average Bonchev–Trinajstić information content (AvgIpc) is 2.35. The molecule has 1 aromatic carbocycles. The van der Waals surface area contributed by atoms with Crippen LogP contribution >= 0.6 is 27.5 Å². The van der Waals surface area contributed by atoms with Gasteiger partial charge in [-0.3, -0.25) is 4.79 Å². The number of benzene rings is 1. The van der Waals surface area contributed by atoms with Crippen LogP contribution in [-0.2, 0) is 0 Å². The number of anilines is 1. The predicted octanol–water partition coefficient (Wildman–Crippen LogP) is 2.26. The highest BCUT2D eigenvalue weighted by Crippen LogP contribution is 2.32. The van der Waals surface area contributed by atoms with E-state index in [4.69, 9.17) is 11.6 Å². The second kappa shape index (κ2) is 3.79. The van der Waals surface area contributed by atoms with E-state index in [1.54, 1.807) is 0 Å². The molecule has 0 spiro atoms. The molecular formula is C9H8BrClN2O. The van der Waals surface area contributed by atoms with E-state index in [1.807, 2.05) is 12.1 Å². The summed E-state index contributed by atoms with van der Waals surface area (Å²) in [5, 5.41) is 6.35. The van der Waals surface area contributed by atoms with Gasteiger partial charge in [-0.2, -0.15) is 0 Å². The lowest BCUT2D eigenvalue weighted by atomic mass is 10.1. The Kier molecular flexibility index (Phi) is 2.65. The van der Waals surface area contributed by atoms with E-state index in [1.165, 1.54) is 0 Å². The normalized spacial score (nSPS) is 15.1. The van der Waals surface area contributed by atoms with Crippen LogP contribution in [0.4, 0.5) is 5.69 Å². The number of halogens is 2. The van der Waals surface area contributed by atoms with Crippen molar-refractivity contribution in [3.05, 3.63) is 27.2 Å². The molecule has 14 heavy (non-hydrogen) atoms. The number of carbonyl (C=O) groups excluding carboxylic acids is 1. The van der Waals surface area contributed by atoms with Gasteiger partial charge in [0.05, 0.1) is 10.6 Å². The van der Waals surface area contributed by atoms with Crippen LogP contribution in [0.3, 0.4) is 0 Å². The molecule has 0 aliphatic carbocycles. The molecule has 2 rings (SSSR count). The van der Waals surface area contributed by atoms with Crippen molar-refractivity contribution < 1.29 is 4.79 Å². The second-order valence-electron chi connectivity index (χ2n) is 2.97. The molecular weight excluding hydrogens is 267 g/mol. The molecule has 2 N–H and O–H groups in total. The summed E-state index contributed by atoms with van der Waals surface area (Å²) in [7, 11) is 0. The SMILES string of the molecule is O=C1NCCNc2ccc(Br)c(Cl)c21. The van der Waals surface area contributed by atoms with Crippen LogP contribution in [0.2, 0.25) is 5.02 Å². The summed E-state index contributed by atoms with van der Waals surface area (Å²) in [4.78, 5) is 11.6. The van der Waals surface area contributed by atoms with Crippen molar-refractivity contribution in [3.8, 4) is 0 Å². The van der Waals surface area contributed by atoms with Gasteiger partial charge in [0.1, 0.15) is 0 Å². The monoisotopic (exact) mass is 274 g/mol. The van der Waals surface area contributed by atoms with Crippen molar-refractivity contribution in [2.24, 2.45) is 0 Å². The summed E-state index contributed by atoms with van der Waals surface area (Å²) in [6, 6.07) is 3.67. The molecule has 1 amide bonds. The molecule has 0 atom stereocenters. The molecule has 5 heteroatoms. The number of hydrogen-bond acceptors (Lipinski definition) is 2. The zero-order valence-corrected chi connectivity index (χ0v) is 9.58. The van der Waals surface area contributed by atoms with Crippen LogP contribution in [0, 0.1) is 0 Å². The van der Waals surface area contributed by atoms with Crippen LogP contribution in [0.25, 0.3) is 0 Å². The third-order valence-electron chi connectivity index (χ3n) is 2.05. The van der Waals surface area contributed by atoms with Gasteiger partial charge in [-0.1, -0.05) is 11.6 Å². The molecule has 0 bridgehead atoms. The van der Waals surface area contributed by atoms with E-state index in [-0.39, 0.29) is 5.91 Å². The van der Waals surface area contributed by atoms with Gasteiger partial charge in [0.25, 0.3) is 5.91 Å². The molecule has 3 nitrogen and oxygen atoms in total. The Morgan fingerprint density at radius 1 is 1.29 bits per heavy atom. The minimum Gasteiger partial charge on any atom is -0.383 e. The molecule has 0 saturated heterocycles. The quantitative estimate of drug-likeness (QED) is 0.762. The molecule has 0 saturated carbocycles. The highest BCUT2D eigenvalue weighted by Gasteiger charge is 2.19. The smallest absolute Gasteiger partial charge is 0.255 e. The molecule has 74 valence electrons. The van der Waals surface area contributed by atoms with Gasteiger partial charge in [-0.15, -0.1) is 0 Å². The van der Waals surface area contributed by atoms with Crippen molar-refractivity contribution in [3.63, 3.8) is 0 Å². The minimum atomic E-state index is -0.128. The van der Waals surface area contributed by atoms with Gasteiger partial charge in [0.15, 0.2) is 0 Å². The number of amides is 1. The first-order valence-electron chi connectivity index (χ1n) is 4.20. The number of nitrogens with one attached hydrogen (secondary N) is 2. The number of carbonyl (C=O) groups is 1. The third kappa shape index (κ3) is 1.60. The van der Waals surface area contributed by atoms with Crippen molar-refractivity contribution >= 4 is 39.1 Å². The molecule has 0 fully saturated rings. The lowest BCUT2D eigenvalue weighted by Gasteiger charge is -2.08. The van der Waals surface area contributed by atoms with E-state index in [2.05, 4.69) is 26.6 Å². The maximum atomic E-state index is 11.6. The molecule has 1 aliphatic heterocycles. The Morgan fingerprint density at radius 3 is 2.79 bits per heavy atom. The fraction of sp³-hybridized carbons (Fsp3) is 0.222. The Bertz CT molecular complexity index is 395. The van der Waals surface area contributed by atoms with Crippen LogP contribution in [0.5, 0.6) is 0 Å². The Labute approximate surface area is 95.0 Å². The molecule has 1 heterocycles. The van der Waals surface area contributed by atoms with E-state index in [0.717, 1.165) is 16.7 Å². The van der Waals surface area contributed by atoms with E-state index in [9.17, 15) is 4.79 Å². The summed E-state index contributed by atoms with van der Waals surface area (Å²) >= 11 is 9.32. The van der Waals surface area contributed by atoms with Gasteiger partial charge >= 0.3 is 0 Å². The minimum absolute atomic E-state index is 0.128. The maximum Gasteiger partial charge on any atom is 0.255 e. The third-order valence-corrected chi connectivity index (χ3v) is 3.33. The van der Waals surface area contributed by atoms with Gasteiger partial charge < -0.3 is 10.6 Å². The van der Waals surface area contributed by atoms with Crippen LogP contribution in [0.1, 0.15) is 10.4 Å². The molecule has 0 unspecified atom stereocenters. The first-order chi connectivity index (χ1) is 6.70. The first kappa shape index (κ1) is 9.80. The standard InChI is InChI=1S/C9H8BrClN2O/c10-5-1-2-6-7(8(5)11)9(14)13-4-3-12-6/h1-2,12H,3-4H2,(H,13,14). The van der Waals surface area contributed by atoms with E-state index in [0.29, 0.717) is 17.1 Å². The Hall–Kier alpha value is -0.740. The highest BCUT2D eigenvalue weighted by molar-refractivity contribution is 9.10. The lowest BCUT2D eigenvalue weighted by molar-refractivity contribution is 0.0958. The first-order valence-corrected chi connectivity index (χ1v) is 5.37. The lowest BCUT2D eigenvalue weighted by Crippen LogP contribution is -2.24. The molecule has 0 radical (unpaired) electrons. The summed E-state index contributed by atoms with van der Waals surface area (Å²) in [6.45, 7) is 1.33. The van der Waals surface area contributed by atoms with Gasteiger partial charge in [0, 0.05) is 23.2 Å². The fourth-order valence-electron chi connectivity index (χ4n) is 1.38. The average molecular weight is 276 g/mol. The summed E-state index contributed by atoms with van der Waals surface area (Å²) < 4.78 is 0.733. The van der Waals surface area contributed by atoms with Crippen molar-refractivity contribution in [1.82, 2.24) is 5.32 Å². The number of fused-ring (bicyclic) bond motifs is 1. The summed E-state index contributed by atoms with van der Waals surface area (Å²) in [5.41, 5.74) is 1.30. The zero-order chi connectivity index (χ0) is 10.1. The largest absolute Gasteiger partial charge is 0.383 e. The molecule has 0 aromatic heterocycles. The Morgan fingerprint density at radius 2 is 2.00 bits per heavy atom. The molecule has 1 aliphatic rings. The van der Waals surface area contributed by atoms with E-state index < -0.39 is 0 Å². The van der Waals surface area contributed by atoms with Crippen LogP contribution in [-0.4, -0.2) is 19.0 Å². The number of hydrogen-bond donors (Lipinski definition) is 2.